The summed E-state index contributed by atoms with van der Waals surface area (Å²) in [5, 5.41) is 0. The van der Waals surface area contributed by atoms with Gasteiger partial charge in [0.1, 0.15) is 6.61 Å². The van der Waals surface area contributed by atoms with Gasteiger partial charge in [-0.2, -0.15) is 4.39 Å². The number of pyridine rings is 1. The quantitative estimate of drug-likeness (QED) is 0.534. The number of carbonyl (C=O) groups is 1. The maximum Gasteiger partial charge on any atom is 0.410 e. The van der Waals surface area contributed by atoms with Crippen LogP contribution in [0.4, 0.5) is 9.18 Å². The molecule has 5 nitrogen and oxygen atoms in total. The van der Waals surface area contributed by atoms with Crippen LogP contribution < -0.4 is 0 Å². The molecule has 1 amide bonds. The highest BCUT2D eigenvalue weighted by Crippen LogP contribution is 2.44. The number of halogens is 1. The number of amides is 1. The molecule has 2 aromatic carbocycles. The molecule has 33 heavy (non-hydrogen) atoms. The van der Waals surface area contributed by atoms with E-state index in [9.17, 15) is 9.18 Å². The Morgan fingerprint density at radius 2 is 1.70 bits per heavy atom. The molecule has 2 bridgehead atoms. The second-order valence-electron chi connectivity index (χ2n) is 8.71. The number of nitrogens with zero attached hydrogens (tertiary/aromatic N) is 2. The molecule has 6 rings (SSSR count). The van der Waals surface area contributed by atoms with E-state index in [2.05, 4.69) is 29.2 Å². The first-order chi connectivity index (χ1) is 16.2. The molecule has 3 heterocycles. The fraction of sp³-hybridized carbons (Fsp3) is 0.259. The van der Waals surface area contributed by atoms with Crippen LogP contribution in [0.5, 0.6) is 0 Å². The van der Waals surface area contributed by atoms with Crippen LogP contribution in [0.25, 0.3) is 16.7 Å². The van der Waals surface area contributed by atoms with Crippen LogP contribution in [-0.2, 0) is 9.47 Å². The third kappa shape index (κ3) is 3.42. The molecule has 2 aliphatic heterocycles. The highest BCUT2D eigenvalue weighted by molar-refractivity contribution is 5.79. The Balaban J connectivity index is 1.23. The van der Waals surface area contributed by atoms with Crippen molar-refractivity contribution in [3.63, 3.8) is 0 Å². The molecular weight excluding hydrogens is 419 g/mol. The van der Waals surface area contributed by atoms with E-state index < -0.39 is 5.95 Å². The lowest BCUT2D eigenvalue weighted by molar-refractivity contribution is -0.0331. The first-order valence-electron chi connectivity index (χ1n) is 11.2. The Morgan fingerprint density at radius 1 is 1.00 bits per heavy atom. The van der Waals surface area contributed by atoms with Gasteiger partial charge in [0.2, 0.25) is 5.95 Å². The largest absolute Gasteiger partial charge is 0.448 e. The van der Waals surface area contributed by atoms with E-state index in [1.165, 1.54) is 28.5 Å². The van der Waals surface area contributed by atoms with Gasteiger partial charge in [-0.1, -0.05) is 54.6 Å². The second-order valence-corrected chi connectivity index (χ2v) is 8.71. The van der Waals surface area contributed by atoms with E-state index in [1.54, 1.807) is 17.0 Å². The number of aromatic nitrogens is 1. The molecule has 0 saturated carbocycles. The Labute approximate surface area is 191 Å². The van der Waals surface area contributed by atoms with Crippen LogP contribution in [0.2, 0.25) is 0 Å². The number of hydrogen-bond donors (Lipinski definition) is 0. The van der Waals surface area contributed by atoms with Gasteiger partial charge in [-0.15, -0.1) is 0 Å². The molecule has 0 radical (unpaired) electrons. The molecule has 1 aliphatic carbocycles. The van der Waals surface area contributed by atoms with Crippen molar-refractivity contribution in [2.45, 2.75) is 24.4 Å². The number of carbonyl (C=O) groups excluding carboxylic acids is 1. The van der Waals surface area contributed by atoms with E-state index in [1.807, 2.05) is 30.3 Å². The third-order valence-corrected chi connectivity index (χ3v) is 6.85. The lowest BCUT2D eigenvalue weighted by Gasteiger charge is -2.43. The molecule has 1 saturated heterocycles. The smallest absolute Gasteiger partial charge is 0.410 e. The molecule has 1 aromatic heterocycles. The summed E-state index contributed by atoms with van der Waals surface area (Å²) >= 11 is 0. The normalized spacial score (nSPS) is 21.2. The average molecular weight is 442 g/mol. The lowest BCUT2D eigenvalue weighted by Crippen LogP contribution is -2.56. The van der Waals surface area contributed by atoms with Gasteiger partial charge in [-0.25, -0.2) is 9.78 Å². The molecule has 6 heteroatoms. The van der Waals surface area contributed by atoms with E-state index in [0.29, 0.717) is 25.2 Å². The van der Waals surface area contributed by atoms with E-state index in [4.69, 9.17) is 9.47 Å². The van der Waals surface area contributed by atoms with Crippen LogP contribution in [0.15, 0.2) is 72.9 Å². The van der Waals surface area contributed by atoms with E-state index in [0.717, 1.165) is 5.57 Å². The van der Waals surface area contributed by atoms with Crippen molar-refractivity contribution >= 4 is 11.7 Å². The summed E-state index contributed by atoms with van der Waals surface area (Å²) in [5.74, 6) is -0.477. The van der Waals surface area contributed by atoms with Crippen molar-refractivity contribution in [1.82, 2.24) is 9.88 Å². The van der Waals surface area contributed by atoms with Crippen molar-refractivity contribution in [3.8, 4) is 11.1 Å². The molecule has 0 N–H and O–H groups in total. The van der Waals surface area contributed by atoms with Gasteiger partial charge in [0.05, 0.1) is 25.3 Å². The summed E-state index contributed by atoms with van der Waals surface area (Å²) in [7, 11) is 0. The summed E-state index contributed by atoms with van der Waals surface area (Å²) in [6, 6.07) is 19.5. The van der Waals surface area contributed by atoms with E-state index >= 15 is 0 Å². The summed E-state index contributed by atoms with van der Waals surface area (Å²) in [4.78, 5) is 18.8. The van der Waals surface area contributed by atoms with Gasteiger partial charge < -0.3 is 9.47 Å². The van der Waals surface area contributed by atoms with Gasteiger partial charge in [-0.05, 0) is 46.4 Å². The minimum Gasteiger partial charge on any atom is -0.448 e. The SMILES string of the molecule is O=C(OCC1c2ccccc2-c2ccccc21)N1C2C=C(c3cccnc3F)CC1COC2. The van der Waals surface area contributed by atoms with E-state index in [-0.39, 0.29) is 30.7 Å². The number of morpholine rings is 1. The van der Waals surface area contributed by atoms with Crippen molar-refractivity contribution < 1.29 is 18.7 Å². The maximum absolute atomic E-state index is 14.3. The predicted octanol–water partition coefficient (Wildman–Crippen LogP) is 5.03. The first kappa shape index (κ1) is 20.1. The fourth-order valence-corrected chi connectivity index (χ4v) is 5.37. The molecule has 2 atom stereocenters. The Hall–Kier alpha value is -3.51. The van der Waals surface area contributed by atoms with Gasteiger partial charge in [0, 0.05) is 17.7 Å². The minimum absolute atomic E-state index is 0.0119. The zero-order chi connectivity index (χ0) is 22.4. The molecular formula is C27H23FN2O3. The van der Waals surface area contributed by atoms with Gasteiger partial charge >= 0.3 is 6.09 Å². The number of hydrogen-bond acceptors (Lipinski definition) is 4. The zero-order valence-electron chi connectivity index (χ0n) is 18.0. The Morgan fingerprint density at radius 3 is 2.39 bits per heavy atom. The summed E-state index contributed by atoms with van der Waals surface area (Å²) < 4.78 is 25.8. The molecule has 3 aliphatic rings. The van der Waals surface area contributed by atoms with Gasteiger partial charge in [0.15, 0.2) is 0 Å². The fourth-order valence-electron chi connectivity index (χ4n) is 5.37. The summed E-state index contributed by atoms with van der Waals surface area (Å²) in [6.07, 6.45) is 3.51. The third-order valence-electron chi connectivity index (χ3n) is 6.85. The van der Waals surface area contributed by atoms with Crippen LogP contribution in [-0.4, -0.2) is 47.9 Å². The van der Waals surface area contributed by atoms with Crippen molar-refractivity contribution in [1.29, 1.82) is 0 Å². The highest BCUT2D eigenvalue weighted by Gasteiger charge is 2.40. The Bertz CT molecular complexity index is 1210. The maximum atomic E-state index is 14.3. The average Bonchev–Trinajstić information content (AvgIpc) is 3.16. The zero-order valence-corrected chi connectivity index (χ0v) is 18.0. The molecule has 166 valence electrons. The minimum atomic E-state index is -0.489. The van der Waals surface area contributed by atoms with Crippen LogP contribution >= 0.6 is 0 Å². The number of benzene rings is 2. The van der Waals surface area contributed by atoms with Crippen LogP contribution in [0.1, 0.15) is 29.0 Å². The second kappa shape index (κ2) is 8.12. The standard InChI is InChI=1S/C27H23FN2O3/c28-26-20(10-5-11-29-26)17-12-18-14-32-15-19(13-17)30(18)27(31)33-16-25-23-8-3-1-6-21(23)22-7-2-4-9-24(22)25/h1-12,18-19,25H,13-16H2. The molecule has 1 fully saturated rings. The first-order valence-corrected chi connectivity index (χ1v) is 11.2. The lowest BCUT2D eigenvalue weighted by atomic mass is 9.90. The highest BCUT2D eigenvalue weighted by atomic mass is 19.1. The van der Waals surface area contributed by atoms with Crippen molar-refractivity contribution in [3.05, 3.63) is 95.6 Å². The Kier molecular flexibility index (Phi) is 4.95. The topological polar surface area (TPSA) is 51.7 Å². The summed E-state index contributed by atoms with van der Waals surface area (Å²) in [5.41, 5.74) is 6.11. The number of ether oxygens (including phenoxy) is 2. The predicted molar refractivity (Wildman–Crippen MR) is 122 cm³/mol. The monoisotopic (exact) mass is 442 g/mol. The van der Waals surface area contributed by atoms with Crippen LogP contribution in [0.3, 0.4) is 0 Å². The number of fused-ring (bicyclic) bond motifs is 5. The summed E-state index contributed by atoms with van der Waals surface area (Å²) in [6.45, 7) is 1.05. The molecule has 2 unspecified atom stereocenters. The van der Waals surface area contributed by atoms with Gasteiger partial charge in [0.25, 0.3) is 0 Å². The number of rotatable bonds is 3. The molecule has 0 spiro atoms. The van der Waals surface area contributed by atoms with Crippen molar-refractivity contribution in [2.24, 2.45) is 0 Å². The van der Waals surface area contributed by atoms with Gasteiger partial charge in [-0.3, -0.25) is 4.90 Å². The van der Waals surface area contributed by atoms with Crippen molar-refractivity contribution in [2.75, 3.05) is 19.8 Å². The molecule has 3 aromatic rings. The van der Waals surface area contributed by atoms with Crippen LogP contribution in [0, 0.1) is 5.95 Å².